The van der Waals surface area contributed by atoms with Crippen molar-refractivity contribution in [2.24, 2.45) is 5.92 Å². The highest BCUT2D eigenvalue weighted by Gasteiger charge is 2.30. The van der Waals surface area contributed by atoms with Crippen molar-refractivity contribution in [1.82, 2.24) is 5.16 Å². The number of rotatable bonds is 7. The number of amides is 1. The van der Waals surface area contributed by atoms with Crippen molar-refractivity contribution in [3.63, 3.8) is 0 Å². The van der Waals surface area contributed by atoms with Crippen LogP contribution in [0.4, 0.5) is 11.4 Å². The summed E-state index contributed by atoms with van der Waals surface area (Å²) in [4.78, 5) is 12.4. The number of hydrogen-bond acceptors (Lipinski definition) is 8. The van der Waals surface area contributed by atoms with E-state index in [0.29, 0.717) is 5.56 Å². The van der Waals surface area contributed by atoms with Crippen LogP contribution in [-0.2, 0) is 14.8 Å². The predicted molar refractivity (Wildman–Crippen MR) is 112 cm³/mol. The number of carbonyl (C=O) groups is 1. The minimum absolute atomic E-state index is 0.0585. The molecule has 0 fully saturated rings. The molecule has 0 spiro atoms. The smallest absolute Gasteiger partial charge is 0.261 e. The van der Waals surface area contributed by atoms with Gasteiger partial charge >= 0.3 is 0 Å². The molecule has 2 aromatic carbocycles. The zero-order valence-electron chi connectivity index (χ0n) is 16.7. The number of aromatic nitrogens is 1. The van der Waals surface area contributed by atoms with Gasteiger partial charge in [0.25, 0.3) is 10.0 Å². The normalized spacial score (nSPS) is 12.8. The molecule has 1 aromatic heterocycles. The fourth-order valence-electron chi connectivity index (χ4n) is 2.81. The molecule has 32 heavy (non-hydrogen) atoms. The number of carbonyl (C=O) groups excluding carboxylic acids is 1. The molecule has 2 unspecified atom stereocenters. The molecule has 3 aromatic rings. The standard InChI is InChI=1S/C21H17N5O5S/c1-13-19(12-24-31-13)20(27)18(11-23)21(28)25-15-6-8-17(9-7-15)32(29,30)26-16-4-2-14(10-22)3-5-16/h2-9,12,18,20,26-27H,1H3,(H,25,28). The maximum absolute atomic E-state index is 12.5. The van der Waals surface area contributed by atoms with Crippen LogP contribution >= 0.6 is 0 Å². The summed E-state index contributed by atoms with van der Waals surface area (Å²) in [7, 11) is -3.90. The summed E-state index contributed by atoms with van der Waals surface area (Å²) in [5.74, 6) is -1.92. The lowest BCUT2D eigenvalue weighted by molar-refractivity contribution is -0.121. The zero-order chi connectivity index (χ0) is 23.3. The molecule has 0 saturated carbocycles. The summed E-state index contributed by atoms with van der Waals surface area (Å²) in [6.45, 7) is 1.54. The van der Waals surface area contributed by atoms with E-state index in [9.17, 15) is 23.6 Å². The molecular formula is C21H17N5O5S. The maximum atomic E-state index is 12.5. The second-order valence-corrected chi connectivity index (χ2v) is 8.38. The van der Waals surface area contributed by atoms with Gasteiger partial charge < -0.3 is 14.9 Å². The molecule has 0 aliphatic heterocycles. The SMILES string of the molecule is Cc1oncc1C(O)C(C#N)C(=O)Nc1ccc(S(=O)(=O)Nc2ccc(C#N)cc2)cc1. The lowest BCUT2D eigenvalue weighted by Crippen LogP contribution is -2.27. The monoisotopic (exact) mass is 451 g/mol. The lowest BCUT2D eigenvalue weighted by Gasteiger charge is -2.16. The molecule has 0 bridgehead atoms. The highest BCUT2D eigenvalue weighted by molar-refractivity contribution is 7.92. The maximum Gasteiger partial charge on any atom is 0.261 e. The first kappa shape index (κ1) is 22.5. The summed E-state index contributed by atoms with van der Waals surface area (Å²) < 4.78 is 32.3. The van der Waals surface area contributed by atoms with Crippen LogP contribution in [0.3, 0.4) is 0 Å². The third-order valence-electron chi connectivity index (χ3n) is 4.54. The highest BCUT2D eigenvalue weighted by Crippen LogP contribution is 2.26. The van der Waals surface area contributed by atoms with E-state index in [4.69, 9.17) is 9.78 Å². The number of benzene rings is 2. The van der Waals surface area contributed by atoms with Crippen molar-refractivity contribution >= 4 is 27.3 Å². The van der Waals surface area contributed by atoms with Gasteiger partial charge in [-0.1, -0.05) is 5.16 Å². The Bertz CT molecular complexity index is 1300. The van der Waals surface area contributed by atoms with Gasteiger partial charge in [0.15, 0.2) is 5.92 Å². The zero-order valence-corrected chi connectivity index (χ0v) is 17.5. The molecule has 1 amide bonds. The number of aliphatic hydroxyl groups is 1. The Kier molecular flexibility index (Phi) is 6.54. The van der Waals surface area contributed by atoms with Crippen LogP contribution in [0.2, 0.25) is 0 Å². The first-order chi connectivity index (χ1) is 15.2. The van der Waals surface area contributed by atoms with E-state index in [2.05, 4.69) is 15.2 Å². The molecule has 0 saturated heterocycles. The summed E-state index contributed by atoms with van der Waals surface area (Å²) in [6, 6.07) is 14.9. The second kappa shape index (κ2) is 9.31. The van der Waals surface area contributed by atoms with Gasteiger partial charge in [-0.2, -0.15) is 10.5 Å². The van der Waals surface area contributed by atoms with Gasteiger partial charge in [0.05, 0.1) is 28.8 Å². The Morgan fingerprint density at radius 3 is 2.25 bits per heavy atom. The van der Waals surface area contributed by atoms with Gasteiger partial charge in [-0.05, 0) is 55.5 Å². The van der Waals surface area contributed by atoms with E-state index in [1.807, 2.05) is 6.07 Å². The molecule has 162 valence electrons. The minimum atomic E-state index is -3.90. The van der Waals surface area contributed by atoms with E-state index in [0.717, 1.165) is 0 Å². The van der Waals surface area contributed by atoms with Crippen LogP contribution in [-0.4, -0.2) is 24.6 Å². The third-order valence-corrected chi connectivity index (χ3v) is 5.94. The van der Waals surface area contributed by atoms with E-state index in [1.165, 1.54) is 54.7 Å². The first-order valence-corrected chi connectivity index (χ1v) is 10.7. The second-order valence-electron chi connectivity index (χ2n) is 6.70. The van der Waals surface area contributed by atoms with Gasteiger partial charge in [0, 0.05) is 16.9 Å². The van der Waals surface area contributed by atoms with Gasteiger partial charge in [0.2, 0.25) is 5.91 Å². The molecule has 3 N–H and O–H groups in total. The molecule has 0 aliphatic rings. The average molecular weight is 451 g/mol. The largest absolute Gasteiger partial charge is 0.386 e. The van der Waals surface area contributed by atoms with E-state index < -0.39 is 28.0 Å². The Morgan fingerprint density at radius 2 is 1.72 bits per heavy atom. The number of aryl methyl sites for hydroxylation is 1. The number of aliphatic hydroxyl groups excluding tert-OH is 1. The fraction of sp³-hybridized carbons (Fsp3) is 0.143. The van der Waals surface area contributed by atoms with Gasteiger partial charge in [0.1, 0.15) is 11.9 Å². The predicted octanol–water partition coefficient (Wildman–Crippen LogP) is 2.47. The van der Waals surface area contributed by atoms with E-state index in [-0.39, 0.29) is 27.6 Å². The number of nitrogens with one attached hydrogen (secondary N) is 2. The Labute approximate surface area is 183 Å². The van der Waals surface area contributed by atoms with Crippen LogP contribution in [0, 0.1) is 35.5 Å². The van der Waals surface area contributed by atoms with Crippen molar-refractivity contribution in [2.75, 3.05) is 10.0 Å². The van der Waals surface area contributed by atoms with Crippen LogP contribution in [0.15, 0.2) is 64.1 Å². The van der Waals surface area contributed by atoms with Crippen LogP contribution in [0.5, 0.6) is 0 Å². The number of anilines is 2. The van der Waals surface area contributed by atoms with Crippen molar-refractivity contribution in [1.29, 1.82) is 10.5 Å². The van der Waals surface area contributed by atoms with Crippen LogP contribution in [0.25, 0.3) is 0 Å². The molecule has 11 heteroatoms. The van der Waals surface area contributed by atoms with Crippen LogP contribution in [0.1, 0.15) is 23.0 Å². The third kappa shape index (κ3) is 4.92. The number of nitrogens with zero attached hydrogens (tertiary/aromatic N) is 3. The number of sulfonamides is 1. The summed E-state index contributed by atoms with van der Waals surface area (Å²) >= 11 is 0. The Hall–Kier alpha value is -4.19. The van der Waals surface area contributed by atoms with E-state index >= 15 is 0 Å². The Balaban J connectivity index is 1.70. The van der Waals surface area contributed by atoms with Gasteiger partial charge in [-0.25, -0.2) is 8.42 Å². The van der Waals surface area contributed by atoms with Gasteiger partial charge in [-0.15, -0.1) is 0 Å². The highest BCUT2D eigenvalue weighted by atomic mass is 32.2. The summed E-state index contributed by atoms with van der Waals surface area (Å²) in [5, 5.41) is 34.5. The quantitative estimate of drug-likeness (QED) is 0.492. The number of hydrogen-bond donors (Lipinski definition) is 3. The molecule has 1 heterocycles. The van der Waals surface area contributed by atoms with E-state index in [1.54, 1.807) is 13.0 Å². The van der Waals surface area contributed by atoms with Crippen molar-refractivity contribution in [3.05, 3.63) is 71.6 Å². The lowest BCUT2D eigenvalue weighted by atomic mass is 9.97. The average Bonchev–Trinajstić information content (AvgIpc) is 3.20. The molecular weight excluding hydrogens is 434 g/mol. The topological polar surface area (TPSA) is 169 Å². The molecule has 0 radical (unpaired) electrons. The van der Waals surface area contributed by atoms with Gasteiger partial charge in [-0.3, -0.25) is 9.52 Å². The summed E-state index contributed by atoms with van der Waals surface area (Å²) in [6.07, 6.45) is -0.208. The summed E-state index contributed by atoms with van der Waals surface area (Å²) in [5.41, 5.74) is 1.15. The first-order valence-electron chi connectivity index (χ1n) is 9.18. The number of nitriles is 2. The minimum Gasteiger partial charge on any atom is -0.386 e. The fourth-order valence-corrected chi connectivity index (χ4v) is 3.87. The molecule has 10 nitrogen and oxygen atoms in total. The van der Waals surface area contributed by atoms with Crippen LogP contribution < -0.4 is 10.0 Å². The molecule has 2 atom stereocenters. The molecule has 0 aliphatic carbocycles. The van der Waals surface area contributed by atoms with Crippen molar-refractivity contribution < 1.29 is 22.8 Å². The Morgan fingerprint density at radius 1 is 1.09 bits per heavy atom. The van der Waals surface area contributed by atoms with Crippen molar-refractivity contribution in [2.45, 2.75) is 17.9 Å². The van der Waals surface area contributed by atoms with Crippen molar-refractivity contribution in [3.8, 4) is 12.1 Å². The molecule has 3 rings (SSSR count).